The monoisotopic (exact) mass is 326 g/mol. The second kappa shape index (κ2) is 5.55. The van der Waals surface area contributed by atoms with E-state index in [9.17, 15) is 8.78 Å². The Morgan fingerprint density at radius 1 is 1.44 bits per heavy atom. The quantitative estimate of drug-likeness (QED) is 0.826. The van der Waals surface area contributed by atoms with Crippen LogP contribution < -0.4 is 5.73 Å². The summed E-state index contributed by atoms with van der Waals surface area (Å²) in [5, 5.41) is 3.47. The molecule has 0 saturated carbocycles. The zero-order valence-corrected chi connectivity index (χ0v) is 11.1. The van der Waals surface area contributed by atoms with E-state index in [4.69, 9.17) is 10.5 Å². The van der Waals surface area contributed by atoms with Crippen LogP contribution in [0.15, 0.2) is 4.52 Å². The molecular formula is C9H13BrF2N4O2. The summed E-state index contributed by atoms with van der Waals surface area (Å²) >= 11 is 2.15. The second-order valence-electron chi connectivity index (χ2n) is 3.97. The van der Waals surface area contributed by atoms with Gasteiger partial charge >= 0.3 is 10.7 Å². The summed E-state index contributed by atoms with van der Waals surface area (Å²) in [4.78, 5) is 2.33. The molecule has 9 heteroatoms. The highest BCUT2D eigenvalue weighted by molar-refractivity contribution is 9.09. The molecule has 2 rings (SSSR count). The fraction of sp³-hybridized carbons (Fsp3) is 0.778. The van der Waals surface area contributed by atoms with E-state index in [0.717, 1.165) is 13.1 Å². The standard InChI is InChI=1S/C9H13BrF2N4O2/c10-9(11,12)8-14-7(15-18-8)6(13)5-16-1-3-17-4-2-16/h6H,1-5,13H2. The summed E-state index contributed by atoms with van der Waals surface area (Å²) in [6, 6.07) is -0.560. The predicted molar refractivity (Wildman–Crippen MR) is 61.3 cm³/mol. The molecule has 2 heterocycles. The molecule has 0 spiro atoms. The SMILES string of the molecule is NC(CN1CCOCC1)c1noc(C(F)(F)Br)n1. The van der Waals surface area contributed by atoms with E-state index in [1.165, 1.54) is 0 Å². The number of nitrogens with two attached hydrogens (primary N) is 1. The molecule has 6 nitrogen and oxygen atoms in total. The van der Waals surface area contributed by atoms with E-state index in [-0.39, 0.29) is 5.82 Å². The van der Waals surface area contributed by atoms with Gasteiger partial charge in [0.15, 0.2) is 5.82 Å². The third-order valence-electron chi connectivity index (χ3n) is 2.57. The van der Waals surface area contributed by atoms with Crippen molar-refractivity contribution in [2.24, 2.45) is 5.73 Å². The summed E-state index contributed by atoms with van der Waals surface area (Å²) in [7, 11) is 0. The van der Waals surface area contributed by atoms with Crippen LogP contribution in [0.1, 0.15) is 17.8 Å². The third kappa shape index (κ3) is 3.44. The molecule has 0 amide bonds. The Kier molecular flexibility index (Phi) is 4.25. The summed E-state index contributed by atoms with van der Waals surface area (Å²) < 4.78 is 35.3. The van der Waals surface area contributed by atoms with Crippen molar-refractivity contribution >= 4 is 15.9 Å². The largest absolute Gasteiger partial charge is 0.379 e. The van der Waals surface area contributed by atoms with Crippen LogP contribution in [0.5, 0.6) is 0 Å². The first kappa shape index (κ1) is 13.8. The van der Waals surface area contributed by atoms with Gasteiger partial charge in [-0.3, -0.25) is 4.90 Å². The van der Waals surface area contributed by atoms with Crippen molar-refractivity contribution in [2.45, 2.75) is 10.9 Å². The van der Waals surface area contributed by atoms with Crippen molar-refractivity contribution in [3.63, 3.8) is 0 Å². The number of alkyl halides is 3. The molecule has 102 valence electrons. The van der Waals surface area contributed by atoms with Crippen molar-refractivity contribution < 1.29 is 18.0 Å². The smallest absolute Gasteiger partial charge is 0.378 e. The molecule has 1 saturated heterocycles. The Balaban J connectivity index is 1.96. The normalized spacial score (nSPS) is 20.0. The minimum Gasteiger partial charge on any atom is -0.379 e. The molecular weight excluding hydrogens is 314 g/mol. The van der Waals surface area contributed by atoms with Crippen molar-refractivity contribution in [3.8, 4) is 0 Å². The molecule has 0 bridgehead atoms. The third-order valence-corrected chi connectivity index (χ3v) is 2.91. The van der Waals surface area contributed by atoms with Crippen LogP contribution in [-0.2, 0) is 9.57 Å². The zero-order chi connectivity index (χ0) is 13.2. The highest BCUT2D eigenvalue weighted by Gasteiger charge is 2.35. The minimum atomic E-state index is -3.32. The highest BCUT2D eigenvalue weighted by atomic mass is 79.9. The molecule has 1 aliphatic heterocycles. The molecule has 1 aromatic heterocycles. The van der Waals surface area contributed by atoms with Crippen LogP contribution in [0.2, 0.25) is 0 Å². The summed E-state index contributed by atoms with van der Waals surface area (Å²) in [5.41, 5.74) is 5.85. The molecule has 0 aliphatic carbocycles. The lowest BCUT2D eigenvalue weighted by atomic mass is 10.2. The molecule has 1 atom stereocenters. The Bertz CT molecular complexity index is 392. The first-order chi connectivity index (χ1) is 8.47. The zero-order valence-electron chi connectivity index (χ0n) is 9.48. The number of aromatic nitrogens is 2. The fourth-order valence-corrected chi connectivity index (χ4v) is 1.81. The average Bonchev–Trinajstić information content (AvgIpc) is 2.79. The molecule has 18 heavy (non-hydrogen) atoms. The first-order valence-corrected chi connectivity index (χ1v) is 6.22. The van der Waals surface area contributed by atoms with Gasteiger partial charge in [0.05, 0.1) is 19.3 Å². The number of hydrogen-bond donors (Lipinski definition) is 1. The van der Waals surface area contributed by atoms with E-state index >= 15 is 0 Å². The summed E-state index contributed by atoms with van der Waals surface area (Å²) in [6.07, 6.45) is 0. The van der Waals surface area contributed by atoms with Crippen LogP contribution >= 0.6 is 15.9 Å². The average molecular weight is 327 g/mol. The fourth-order valence-electron chi connectivity index (χ4n) is 1.64. The Morgan fingerprint density at radius 2 is 2.11 bits per heavy atom. The van der Waals surface area contributed by atoms with Crippen LogP contribution in [0, 0.1) is 0 Å². The Morgan fingerprint density at radius 3 is 2.67 bits per heavy atom. The number of halogens is 3. The van der Waals surface area contributed by atoms with E-state index in [1.807, 2.05) is 0 Å². The van der Waals surface area contributed by atoms with Gasteiger partial charge in [-0.2, -0.15) is 13.8 Å². The van der Waals surface area contributed by atoms with Crippen LogP contribution in [0.4, 0.5) is 8.78 Å². The van der Waals surface area contributed by atoms with E-state index in [2.05, 4.69) is 35.5 Å². The lowest BCUT2D eigenvalue weighted by molar-refractivity contribution is 0.0348. The van der Waals surface area contributed by atoms with Crippen molar-refractivity contribution in [1.82, 2.24) is 15.0 Å². The van der Waals surface area contributed by atoms with Gasteiger partial charge in [0.2, 0.25) is 0 Å². The van der Waals surface area contributed by atoms with Gasteiger partial charge in [0.25, 0.3) is 0 Å². The van der Waals surface area contributed by atoms with Crippen LogP contribution in [0.3, 0.4) is 0 Å². The van der Waals surface area contributed by atoms with Crippen LogP contribution in [-0.4, -0.2) is 47.9 Å². The van der Waals surface area contributed by atoms with Gasteiger partial charge < -0.3 is 15.0 Å². The summed E-state index contributed by atoms with van der Waals surface area (Å²) in [5.74, 6) is -0.703. The van der Waals surface area contributed by atoms with Gasteiger partial charge in [-0.15, -0.1) is 0 Å². The lowest BCUT2D eigenvalue weighted by Crippen LogP contribution is -2.40. The summed E-state index contributed by atoms with van der Waals surface area (Å²) in [6.45, 7) is 3.28. The van der Waals surface area contributed by atoms with Gasteiger partial charge in [0.1, 0.15) is 0 Å². The van der Waals surface area contributed by atoms with E-state index < -0.39 is 16.8 Å². The van der Waals surface area contributed by atoms with Gasteiger partial charge in [0, 0.05) is 35.6 Å². The molecule has 1 aromatic rings. The molecule has 1 fully saturated rings. The Hall–Kier alpha value is -0.640. The van der Waals surface area contributed by atoms with Crippen molar-refractivity contribution in [2.75, 3.05) is 32.8 Å². The number of morpholine rings is 1. The Labute approximate surface area is 111 Å². The van der Waals surface area contributed by atoms with Crippen molar-refractivity contribution in [3.05, 3.63) is 11.7 Å². The van der Waals surface area contributed by atoms with Crippen molar-refractivity contribution in [1.29, 1.82) is 0 Å². The number of hydrogen-bond acceptors (Lipinski definition) is 6. The van der Waals surface area contributed by atoms with Gasteiger partial charge in [-0.1, -0.05) is 5.16 Å². The number of rotatable bonds is 4. The molecule has 0 radical (unpaired) electrons. The van der Waals surface area contributed by atoms with Gasteiger partial charge in [-0.25, -0.2) is 0 Å². The van der Waals surface area contributed by atoms with E-state index in [0.29, 0.717) is 19.8 Å². The molecule has 1 aliphatic rings. The highest BCUT2D eigenvalue weighted by Crippen LogP contribution is 2.33. The number of nitrogens with zero attached hydrogens (tertiary/aromatic N) is 3. The molecule has 0 aromatic carbocycles. The number of ether oxygens (including phenoxy) is 1. The van der Waals surface area contributed by atoms with E-state index in [1.54, 1.807) is 0 Å². The predicted octanol–water partition coefficient (Wildman–Crippen LogP) is 0.846. The topological polar surface area (TPSA) is 77.4 Å². The maximum absolute atomic E-state index is 12.8. The minimum absolute atomic E-state index is 0.0793. The lowest BCUT2D eigenvalue weighted by Gasteiger charge is -2.27. The molecule has 2 N–H and O–H groups in total. The maximum Gasteiger partial charge on any atom is 0.378 e. The maximum atomic E-state index is 12.8. The second-order valence-corrected chi connectivity index (χ2v) is 4.97. The van der Waals surface area contributed by atoms with Crippen LogP contribution in [0.25, 0.3) is 0 Å². The molecule has 1 unspecified atom stereocenters. The first-order valence-electron chi connectivity index (χ1n) is 5.43. The van der Waals surface area contributed by atoms with Gasteiger partial charge in [-0.05, 0) is 0 Å².